The van der Waals surface area contributed by atoms with Crippen LogP contribution in [0.2, 0.25) is 0 Å². The molecule has 0 aliphatic carbocycles. The summed E-state index contributed by atoms with van der Waals surface area (Å²) in [5.41, 5.74) is 0.790. The van der Waals surface area contributed by atoms with Crippen LogP contribution in [0.1, 0.15) is 20.8 Å². The Hall–Kier alpha value is -0.920. The van der Waals surface area contributed by atoms with E-state index in [0.29, 0.717) is 0 Å². The summed E-state index contributed by atoms with van der Waals surface area (Å²) in [7, 11) is 0. The second kappa shape index (κ2) is 4.01. The van der Waals surface area contributed by atoms with Crippen molar-refractivity contribution in [2.45, 2.75) is 20.8 Å². The van der Waals surface area contributed by atoms with Crippen molar-refractivity contribution in [3.63, 3.8) is 0 Å². The molecule has 2 nitrogen and oxygen atoms in total. The van der Waals surface area contributed by atoms with Crippen LogP contribution in [0.5, 0.6) is 0 Å². The minimum absolute atomic E-state index is 0.755. The quantitative estimate of drug-likeness (QED) is 0.377. The van der Waals surface area contributed by atoms with E-state index >= 15 is 0 Å². The molecule has 2 heteroatoms. The van der Waals surface area contributed by atoms with Gasteiger partial charge >= 0.3 is 0 Å². The minimum atomic E-state index is 0.755. The third-order valence-corrected chi connectivity index (χ3v) is 0.669. The van der Waals surface area contributed by atoms with E-state index in [-0.39, 0.29) is 0 Å². The predicted molar refractivity (Wildman–Crippen MR) is 42.1 cm³/mol. The van der Waals surface area contributed by atoms with Crippen molar-refractivity contribution >= 4 is 12.1 Å². The van der Waals surface area contributed by atoms with Gasteiger partial charge in [-0.25, -0.2) is 9.98 Å². The summed E-state index contributed by atoms with van der Waals surface area (Å²) in [6.45, 7) is 9.16. The standard InChI is InChI=1S/C7H12N2/c1-5-8-7(4)9-6(2)3/h5H,2H2,1,3-4H3. The molecule has 0 fully saturated rings. The lowest BCUT2D eigenvalue weighted by atomic mass is 10.5. The maximum absolute atomic E-state index is 3.99. The molecule has 0 saturated heterocycles. The van der Waals surface area contributed by atoms with Crippen molar-refractivity contribution < 1.29 is 0 Å². The van der Waals surface area contributed by atoms with Gasteiger partial charge in [-0.3, -0.25) is 0 Å². The fourth-order valence-electron chi connectivity index (χ4n) is 0.492. The molecular formula is C7H12N2. The molecule has 0 aromatic carbocycles. The van der Waals surface area contributed by atoms with E-state index in [1.807, 2.05) is 20.8 Å². The molecule has 0 radical (unpaired) electrons. The molecule has 0 aliphatic heterocycles. The average molecular weight is 124 g/mol. The third kappa shape index (κ3) is 4.94. The highest BCUT2D eigenvalue weighted by Crippen LogP contribution is 1.90. The van der Waals surface area contributed by atoms with E-state index in [9.17, 15) is 0 Å². The van der Waals surface area contributed by atoms with Crippen LogP contribution in [0.25, 0.3) is 0 Å². The number of hydrogen-bond acceptors (Lipinski definition) is 1. The van der Waals surface area contributed by atoms with Crippen molar-refractivity contribution in [1.82, 2.24) is 0 Å². The first-order valence-electron chi connectivity index (χ1n) is 2.86. The molecule has 0 atom stereocenters. The zero-order chi connectivity index (χ0) is 7.28. The van der Waals surface area contributed by atoms with Gasteiger partial charge in [-0.2, -0.15) is 0 Å². The van der Waals surface area contributed by atoms with Crippen molar-refractivity contribution in [3.8, 4) is 0 Å². The Labute approximate surface area is 56.0 Å². The van der Waals surface area contributed by atoms with Crippen LogP contribution in [0, 0.1) is 0 Å². The minimum Gasteiger partial charge on any atom is -0.246 e. The number of rotatable bonds is 1. The lowest BCUT2D eigenvalue weighted by molar-refractivity contribution is 1.30. The number of allylic oxidation sites excluding steroid dienone is 1. The molecule has 0 unspecified atom stereocenters. The van der Waals surface area contributed by atoms with E-state index in [0.717, 1.165) is 11.5 Å². The lowest BCUT2D eigenvalue weighted by Crippen LogP contribution is -1.84. The van der Waals surface area contributed by atoms with E-state index in [4.69, 9.17) is 0 Å². The summed E-state index contributed by atoms with van der Waals surface area (Å²) >= 11 is 0. The Balaban J connectivity index is 4.00. The van der Waals surface area contributed by atoms with Crippen LogP contribution in [-0.2, 0) is 0 Å². The first kappa shape index (κ1) is 8.08. The van der Waals surface area contributed by atoms with E-state index < -0.39 is 0 Å². The van der Waals surface area contributed by atoms with Gasteiger partial charge in [0.15, 0.2) is 0 Å². The van der Waals surface area contributed by atoms with Gasteiger partial charge in [0.25, 0.3) is 0 Å². The Bertz CT molecular complexity index is 154. The van der Waals surface area contributed by atoms with Crippen LogP contribution < -0.4 is 0 Å². The summed E-state index contributed by atoms with van der Waals surface area (Å²) < 4.78 is 0. The zero-order valence-corrected chi connectivity index (χ0v) is 6.18. The largest absolute Gasteiger partial charge is 0.246 e. The fourth-order valence-corrected chi connectivity index (χ4v) is 0.492. The SMILES string of the molecule is C=C(C)N=C(C)N=CC. The first-order chi connectivity index (χ1) is 4.16. The zero-order valence-electron chi connectivity index (χ0n) is 6.18. The lowest BCUT2D eigenvalue weighted by Gasteiger charge is -1.88. The van der Waals surface area contributed by atoms with Gasteiger partial charge in [0.05, 0.1) is 0 Å². The van der Waals surface area contributed by atoms with Crippen molar-refractivity contribution in [2.24, 2.45) is 9.98 Å². The first-order valence-corrected chi connectivity index (χ1v) is 2.86. The molecule has 0 spiro atoms. The maximum Gasteiger partial charge on any atom is 0.125 e. The molecule has 0 N–H and O–H groups in total. The predicted octanol–water partition coefficient (Wildman–Crippen LogP) is 2.03. The van der Waals surface area contributed by atoms with Gasteiger partial charge < -0.3 is 0 Å². The van der Waals surface area contributed by atoms with Crippen molar-refractivity contribution in [1.29, 1.82) is 0 Å². The van der Waals surface area contributed by atoms with Crippen LogP contribution in [0.15, 0.2) is 22.3 Å². The monoisotopic (exact) mass is 124 g/mol. The second-order valence-corrected chi connectivity index (χ2v) is 1.78. The van der Waals surface area contributed by atoms with Gasteiger partial charge in [-0.05, 0) is 20.8 Å². The van der Waals surface area contributed by atoms with Gasteiger partial charge in [-0.1, -0.05) is 6.58 Å². The highest BCUT2D eigenvalue weighted by atomic mass is 14.9. The maximum atomic E-state index is 3.99. The van der Waals surface area contributed by atoms with Crippen molar-refractivity contribution in [2.75, 3.05) is 0 Å². The van der Waals surface area contributed by atoms with Crippen LogP contribution in [-0.4, -0.2) is 12.1 Å². The van der Waals surface area contributed by atoms with Crippen LogP contribution >= 0.6 is 0 Å². The van der Waals surface area contributed by atoms with Crippen LogP contribution in [0.4, 0.5) is 0 Å². The molecule has 9 heavy (non-hydrogen) atoms. The fraction of sp³-hybridized carbons (Fsp3) is 0.429. The number of aliphatic imine (C=N–C) groups is 2. The molecule has 0 saturated carbocycles. The summed E-state index contributed by atoms with van der Waals surface area (Å²) in [6.07, 6.45) is 1.71. The van der Waals surface area contributed by atoms with Gasteiger partial charge in [-0.15, -0.1) is 0 Å². The molecule has 0 aliphatic rings. The smallest absolute Gasteiger partial charge is 0.125 e. The molecule has 0 aromatic rings. The molecule has 50 valence electrons. The van der Waals surface area contributed by atoms with E-state index in [2.05, 4.69) is 16.6 Å². The normalized spacial score (nSPS) is 12.6. The Morgan fingerprint density at radius 3 is 2.33 bits per heavy atom. The molecular weight excluding hydrogens is 112 g/mol. The summed E-state index contributed by atoms with van der Waals surface area (Å²) in [6, 6.07) is 0. The molecule has 0 bridgehead atoms. The van der Waals surface area contributed by atoms with Gasteiger partial charge in [0.2, 0.25) is 0 Å². The summed E-state index contributed by atoms with van der Waals surface area (Å²) in [5.74, 6) is 0.755. The van der Waals surface area contributed by atoms with Crippen LogP contribution in [0.3, 0.4) is 0 Å². The summed E-state index contributed by atoms with van der Waals surface area (Å²) in [5, 5.41) is 0. The summed E-state index contributed by atoms with van der Waals surface area (Å²) in [4.78, 5) is 7.92. The highest BCUT2D eigenvalue weighted by Gasteiger charge is 1.80. The van der Waals surface area contributed by atoms with E-state index in [1.54, 1.807) is 6.21 Å². The molecule has 0 aromatic heterocycles. The topological polar surface area (TPSA) is 24.7 Å². The number of nitrogens with zero attached hydrogens (tertiary/aromatic N) is 2. The Kier molecular flexibility index (Phi) is 3.60. The average Bonchev–Trinajstić information content (AvgIpc) is 1.63. The van der Waals surface area contributed by atoms with Crippen molar-refractivity contribution in [3.05, 3.63) is 12.3 Å². The van der Waals surface area contributed by atoms with Gasteiger partial charge in [0, 0.05) is 11.9 Å². The molecule has 0 heterocycles. The number of amidine groups is 1. The Morgan fingerprint density at radius 1 is 1.44 bits per heavy atom. The highest BCUT2D eigenvalue weighted by molar-refractivity contribution is 5.87. The van der Waals surface area contributed by atoms with Gasteiger partial charge in [0.1, 0.15) is 5.84 Å². The Morgan fingerprint density at radius 2 is 2.00 bits per heavy atom. The third-order valence-electron chi connectivity index (χ3n) is 0.669. The number of hydrogen-bond donors (Lipinski definition) is 0. The molecule has 0 amide bonds. The second-order valence-electron chi connectivity index (χ2n) is 1.78. The molecule has 0 rings (SSSR count). The van der Waals surface area contributed by atoms with E-state index in [1.165, 1.54) is 0 Å².